The number of benzene rings is 1. The fourth-order valence-corrected chi connectivity index (χ4v) is 3.16. The molecule has 21 heavy (non-hydrogen) atoms. The molecule has 0 heterocycles. The molecular weight excluding hydrogens is 256 g/mol. The lowest BCUT2D eigenvalue weighted by Crippen LogP contribution is -2.09. The van der Waals surface area contributed by atoms with Crippen LogP contribution in [0.2, 0.25) is 0 Å². The molecule has 0 atom stereocenters. The Balaban J connectivity index is 2.08. The summed E-state index contributed by atoms with van der Waals surface area (Å²) < 4.78 is 5.79. The van der Waals surface area contributed by atoms with E-state index >= 15 is 0 Å². The molecule has 0 saturated heterocycles. The van der Waals surface area contributed by atoms with Gasteiger partial charge in [-0.15, -0.1) is 0 Å². The minimum absolute atomic E-state index is 0.572. The third-order valence-corrected chi connectivity index (χ3v) is 4.24. The quantitative estimate of drug-likeness (QED) is 0.614. The predicted molar refractivity (Wildman–Crippen MR) is 91.6 cm³/mol. The van der Waals surface area contributed by atoms with Crippen molar-refractivity contribution in [3.8, 4) is 5.75 Å². The number of rotatable bonds is 6. The third-order valence-electron chi connectivity index (χ3n) is 4.24. The van der Waals surface area contributed by atoms with Gasteiger partial charge < -0.3 is 4.74 Å². The van der Waals surface area contributed by atoms with E-state index in [1.54, 1.807) is 5.57 Å². The lowest BCUT2D eigenvalue weighted by atomic mass is 9.80. The average Bonchev–Trinajstić information content (AvgIpc) is 2.52. The first-order chi connectivity index (χ1) is 10.2. The van der Waals surface area contributed by atoms with E-state index in [2.05, 4.69) is 51.1 Å². The van der Waals surface area contributed by atoms with Crippen LogP contribution >= 0.6 is 0 Å². The first kappa shape index (κ1) is 16.1. The molecule has 116 valence electrons. The Morgan fingerprint density at radius 1 is 1.14 bits per heavy atom. The maximum atomic E-state index is 5.79. The standard InChI is InChI=1S/C20H30O/c1-4-8-20(17-9-6-5-7-10-17)18-11-13-19(14-12-18)21-15-16(2)3/h8,11-14,16-17H,4-7,9-10,15H2,1-3H3. The molecule has 1 aliphatic rings. The Morgan fingerprint density at radius 3 is 2.38 bits per heavy atom. The summed E-state index contributed by atoms with van der Waals surface area (Å²) in [7, 11) is 0. The van der Waals surface area contributed by atoms with Crippen LogP contribution in [0.15, 0.2) is 30.3 Å². The molecule has 0 spiro atoms. The van der Waals surface area contributed by atoms with Crippen molar-refractivity contribution in [2.24, 2.45) is 11.8 Å². The van der Waals surface area contributed by atoms with E-state index in [1.165, 1.54) is 37.7 Å². The van der Waals surface area contributed by atoms with Crippen LogP contribution in [0.1, 0.15) is 64.9 Å². The Hall–Kier alpha value is -1.24. The minimum Gasteiger partial charge on any atom is -0.493 e. The van der Waals surface area contributed by atoms with Gasteiger partial charge in [0.15, 0.2) is 0 Å². The summed E-state index contributed by atoms with van der Waals surface area (Å²) in [5.74, 6) is 2.33. The monoisotopic (exact) mass is 286 g/mol. The van der Waals surface area contributed by atoms with Crippen LogP contribution in [0.4, 0.5) is 0 Å². The lowest BCUT2D eigenvalue weighted by Gasteiger charge is -2.25. The van der Waals surface area contributed by atoms with Gasteiger partial charge in [-0.3, -0.25) is 0 Å². The van der Waals surface area contributed by atoms with Gasteiger partial charge in [0.25, 0.3) is 0 Å². The highest BCUT2D eigenvalue weighted by atomic mass is 16.5. The van der Waals surface area contributed by atoms with Gasteiger partial charge in [-0.1, -0.05) is 58.2 Å². The van der Waals surface area contributed by atoms with Crippen LogP contribution in [0, 0.1) is 11.8 Å². The fraction of sp³-hybridized carbons (Fsp3) is 0.600. The molecule has 0 radical (unpaired) electrons. The highest BCUT2D eigenvalue weighted by Gasteiger charge is 2.18. The number of allylic oxidation sites excluding steroid dienone is 2. The van der Waals surface area contributed by atoms with Gasteiger partial charge in [0.2, 0.25) is 0 Å². The molecule has 0 unspecified atom stereocenters. The molecule has 0 aromatic heterocycles. The topological polar surface area (TPSA) is 9.23 Å². The molecule has 0 amide bonds. The van der Waals surface area contributed by atoms with Gasteiger partial charge >= 0.3 is 0 Å². The van der Waals surface area contributed by atoms with Crippen molar-refractivity contribution in [3.63, 3.8) is 0 Å². The van der Waals surface area contributed by atoms with Crippen molar-refractivity contribution in [2.75, 3.05) is 6.61 Å². The van der Waals surface area contributed by atoms with Crippen molar-refractivity contribution >= 4 is 5.57 Å². The highest BCUT2D eigenvalue weighted by Crippen LogP contribution is 2.36. The van der Waals surface area contributed by atoms with Gasteiger partial charge in [0, 0.05) is 0 Å². The molecule has 1 saturated carbocycles. The normalized spacial score (nSPS) is 17.2. The maximum Gasteiger partial charge on any atom is 0.119 e. The molecule has 1 aliphatic carbocycles. The van der Waals surface area contributed by atoms with Crippen LogP contribution in [0.3, 0.4) is 0 Å². The Morgan fingerprint density at radius 2 is 1.81 bits per heavy atom. The second-order valence-corrected chi connectivity index (χ2v) is 6.63. The maximum absolute atomic E-state index is 5.79. The zero-order valence-corrected chi connectivity index (χ0v) is 13.9. The van der Waals surface area contributed by atoms with Crippen molar-refractivity contribution in [3.05, 3.63) is 35.9 Å². The summed E-state index contributed by atoms with van der Waals surface area (Å²) in [4.78, 5) is 0. The molecule has 1 fully saturated rings. The summed E-state index contributed by atoms with van der Waals surface area (Å²) in [6.45, 7) is 7.39. The lowest BCUT2D eigenvalue weighted by molar-refractivity contribution is 0.271. The Kier molecular flexibility index (Phi) is 6.35. The van der Waals surface area contributed by atoms with Crippen molar-refractivity contribution in [2.45, 2.75) is 59.3 Å². The predicted octanol–water partition coefficient (Wildman–Crippen LogP) is 6.10. The molecule has 0 N–H and O–H groups in total. The highest BCUT2D eigenvalue weighted by molar-refractivity contribution is 5.68. The first-order valence-corrected chi connectivity index (χ1v) is 8.64. The Labute approximate surface area is 130 Å². The second kappa shape index (κ2) is 8.26. The van der Waals surface area contributed by atoms with Crippen LogP contribution in [0.5, 0.6) is 5.75 Å². The van der Waals surface area contributed by atoms with E-state index in [9.17, 15) is 0 Å². The van der Waals surface area contributed by atoms with Crippen LogP contribution in [-0.2, 0) is 0 Å². The summed E-state index contributed by atoms with van der Waals surface area (Å²) in [6, 6.07) is 8.74. The number of hydrogen-bond acceptors (Lipinski definition) is 1. The van der Waals surface area contributed by atoms with Crippen LogP contribution < -0.4 is 4.74 Å². The van der Waals surface area contributed by atoms with Crippen LogP contribution in [-0.4, -0.2) is 6.61 Å². The zero-order chi connectivity index (χ0) is 15.1. The van der Waals surface area contributed by atoms with Gasteiger partial charge in [-0.25, -0.2) is 0 Å². The summed E-state index contributed by atoms with van der Waals surface area (Å²) in [6.07, 6.45) is 10.5. The van der Waals surface area contributed by atoms with Gasteiger partial charge in [-0.2, -0.15) is 0 Å². The van der Waals surface area contributed by atoms with Gasteiger partial charge in [0.05, 0.1) is 6.61 Å². The summed E-state index contributed by atoms with van der Waals surface area (Å²) >= 11 is 0. The number of ether oxygens (including phenoxy) is 1. The fourth-order valence-electron chi connectivity index (χ4n) is 3.16. The Bertz CT molecular complexity index is 435. The summed E-state index contributed by atoms with van der Waals surface area (Å²) in [5.41, 5.74) is 2.95. The van der Waals surface area contributed by atoms with Crippen LogP contribution in [0.25, 0.3) is 5.57 Å². The van der Waals surface area contributed by atoms with E-state index in [-0.39, 0.29) is 0 Å². The largest absolute Gasteiger partial charge is 0.493 e. The van der Waals surface area contributed by atoms with E-state index in [4.69, 9.17) is 4.74 Å². The average molecular weight is 286 g/mol. The number of hydrogen-bond donors (Lipinski definition) is 0. The van der Waals surface area contributed by atoms with Crippen molar-refractivity contribution in [1.82, 2.24) is 0 Å². The molecule has 0 bridgehead atoms. The second-order valence-electron chi connectivity index (χ2n) is 6.63. The molecule has 0 aliphatic heterocycles. The molecular formula is C20H30O. The minimum atomic E-state index is 0.572. The SMILES string of the molecule is CCC=C(c1ccc(OCC(C)C)cc1)C1CCCCC1. The van der Waals surface area contributed by atoms with E-state index in [1.807, 2.05) is 0 Å². The zero-order valence-electron chi connectivity index (χ0n) is 13.9. The molecule has 1 aromatic carbocycles. The van der Waals surface area contributed by atoms with Crippen molar-refractivity contribution < 1.29 is 4.74 Å². The van der Waals surface area contributed by atoms with E-state index < -0.39 is 0 Å². The first-order valence-electron chi connectivity index (χ1n) is 8.64. The third kappa shape index (κ3) is 4.91. The smallest absolute Gasteiger partial charge is 0.119 e. The van der Waals surface area contributed by atoms with E-state index in [0.29, 0.717) is 5.92 Å². The van der Waals surface area contributed by atoms with Gasteiger partial charge in [-0.05, 0) is 54.4 Å². The van der Waals surface area contributed by atoms with Gasteiger partial charge in [0.1, 0.15) is 5.75 Å². The molecule has 1 aromatic rings. The summed E-state index contributed by atoms with van der Waals surface area (Å²) in [5, 5.41) is 0. The molecule has 1 nitrogen and oxygen atoms in total. The molecule has 1 heteroatoms. The van der Waals surface area contributed by atoms with E-state index in [0.717, 1.165) is 24.7 Å². The molecule has 2 rings (SSSR count). The van der Waals surface area contributed by atoms with Crippen molar-refractivity contribution in [1.29, 1.82) is 0 Å².